The van der Waals surface area contributed by atoms with E-state index < -0.39 is 11.7 Å². The van der Waals surface area contributed by atoms with Gasteiger partial charge in [0.2, 0.25) is 0 Å². The number of hydrogen-bond donors (Lipinski definition) is 1. The smallest absolute Gasteiger partial charge is 0.256 e. The molecule has 2 aliphatic heterocycles. The molecule has 1 spiro atoms. The van der Waals surface area contributed by atoms with Crippen molar-refractivity contribution in [3.8, 4) is 0 Å². The number of anilines is 1. The molecule has 3 aliphatic rings. The topological polar surface area (TPSA) is 65.5 Å². The summed E-state index contributed by atoms with van der Waals surface area (Å²) in [5.74, 6) is -1.15. The molecule has 2 saturated heterocycles. The first-order valence-electron chi connectivity index (χ1n) is 14.9. The van der Waals surface area contributed by atoms with E-state index in [0.717, 1.165) is 69.4 Å². The van der Waals surface area contributed by atoms with Crippen molar-refractivity contribution in [2.75, 3.05) is 31.1 Å². The third-order valence-electron chi connectivity index (χ3n) is 9.88. The molecule has 0 saturated carbocycles. The Morgan fingerprint density at radius 3 is 2.33 bits per heavy atom. The lowest BCUT2D eigenvalue weighted by molar-refractivity contribution is 0.0515. The SMILES string of the molecule is Cc1ccc(F)c(C(=O)NC2c3cc(C(=O)N4CCC5(CC4)CCN(c4ccncc4)CC5)ccc3CC2(C)C)c1Cl. The minimum atomic E-state index is -0.644. The maximum Gasteiger partial charge on any atom is 0.256 e. The van der Waals surface area contributed by atoms with Gasteiger partial charge in [-0.15, -0.1) is 0 Å². The Hall–Kier alpha value is -3.45. The second kappa shape index (κ2) is 11.0. The second-order valence-electron chi connectivity index (χ2n) is 13.0. The van der Waals surface area contributed by atoms with Gasteiger partial charge in [-0.1, -0.05) is 37.6 Å². The van der Waals surface area contributed by atoms with Gasteiger partial charge in [-0.2, -0.15) is 0 Å². The zero-order valence-corrected chi connectivity index (χ0v) is 25.3. The van der Waals surface area contributed by atoms with Crippen molar-refractivity contribution >= 4 is 29.1 Å². The number of aromatic nitrogens is 1. The lowest BCUT2D eigenvalue weighted by Crippen LogP contribution is -2.48. The van der Waals surface area contributed by atoms with Crippen LogP contribution in [0.15, 0.2) is 54.9 Å². The average Bonchev–Trinajstić information content (AvgIpc) is 3.24. The van der Waals surface area contributed by atoms with Gasteiger partial charge in [0.25, 0.3) is 11.8 Å². The van der Waals surface area contributed by atoms with Crippen LogP contribution in [-0.2, 0) is 6.42 Å². The molecular formula is C34H38ClFN4O2. The summed E-state index contributed by atoms with van der Waals surface area (Å²) in [6.45, 7) is 9.48. The van der Waals surface area contributed by atoms with Crippen LogP contribution < -0.4 is 10.2 Å². The molecule has 2 aromatic carbocycles. The van der Waals surface area contributed by atoms with E-state index in [9.17, 15) is 14.0 Å². The first-order chi connectivity index (χ1) is 20.1. The zero-order chi connectivity index (χ0) is 29.6. The highest BCUT2D eigenvalue weighted by Gasteiger charge is 2.42. The summed E-state index contributed by atoms with van der Waals surface area (Å²) in [6.07, 6.45) is 8.74. The summed E-state index contributed by atoms with van der Waals surface area (Å²) < 4.78 is 14.6. The number of pyridine rings is 1. The number of fused-ring (bicyclic) bond motifs is 1. The second-order valence-corrected chi connectivity index (χ2v) is 13.4. The number of carbonyl (C=O) groups excluding carboxylic acids is 2. The highest BCUT2D eigenvalue weighted by molar-refractivity contribution is 6.34. The van der Waals surface area contributed by atoms with Crippen LogP contribution in [0.1, 0.15) is 83.0 Å². The van der Waals surface area contributed by atoms with Crippen LogP contribution in [0, 0.1) is 23.6 Å². The molecule has 1 N–H and O–H groups in total. The number of nitrogens with zero attached hydrogens (tertiary/aromatic N) is 3. The normalized spacial score (nSPS) is 20.8. The minimum Gasteiger partial charge on any atom is -0.371 e. The van der Waals surface area contributed by atoms with Gasteiger partial charge in [0, 0.05) is 49.8 Å². The van der Waals surface area contributed by atoms with Gasteiger partial charge in [0.15, 0.2) is 0 Å². The molecule has 2 fully saturated rings. The number of halogens is 2. The molecular weight excluding hydrogens is 551 g/mol. The molecule has 6 rings (SSSR count). The monoisotopic (exact) mass is 588 g/mol. The lowest BCUT2D eigenvalue weighted by atomic mass is 9.71. The van der Waals surface area contributed by atoms with Crippen LogP contribution >= 0.6 is 11.6 Å². The number of likely N-dealkylation sites (tertiary alicyclic amines) is 1. The molecule has 6 nitrogen and oxygen atoms in total. The molecule has 1 unspecified atom stereocenters. The van der Waals surface area contributed by atoms with Gasteiger partial charge in [-0.25, -0.2) is 4.39 Å². The molecule has 2 amide bonds. The van der Waals surface area contributed by atoms with Crippen LogP contribution in [0.4, 0.5) is 10.1 Å². The fourth-order valence-electron chi connectivity index (χ4n) is 7.17. The maximum atomic E-state index is 14.6. The minimum absolute atomic E-state index is 0.0319. The summed E-state index contributed by atoms with van der Waals surface area (Å²) in [4.78, 5) is 35.6. The van der Waals surface area contributed by atoms with Crippen molar-refractivity contribution < 1.29 is 14.0 Å². The molecule has 0 radical (unpaired) electrons. The van der Waals surface area contributed by atoms with Crippen molar-refractivity contribution in [3.63, 3.8) is 0 Å². The molecule has 1 aromatic heterocycles. The van der Waals surface area contributed by atoms with E-state index in [-0.39, 0.29) is 28.0 Å². The lowest BCUT2D eigenvalue weighted by Gasteiger charge is -2.47. The number of carbonyl (C=O) groups is 2. The predicted molar refractivity (Wildman–Crippen MR) is 164 cm³/mol. The Morgan fingerprint density at radius 1 is 0.976 bits per heavy atom. The molecule has 220 valence electrons. The van der Waals surface area contributed by atoms with Crippen LogP contribution in [0.2, 0.25) is 5.02 Å². The fraction of sp³-hybridized carbons (Fsp3) is 0.441. The number of aryl methyl sites for hydroxylation is 1. The highest BCUT2D eigenvalue weighted by Crippen LogP contribution is 2.46. The quantitative estimate of drug-likeness (QED) is 0.366. The average molecular weight is 589 g/mol. The maximum absolute atomic E-state index is 14.6. The Morgan fingerprint density at radius 2 is 1.64 bits per heavy atom. The van der Waals surface area contributed by atoms with Gasteiger partial charge < -0.3 is 15.1 Å². The van der Waals surface area contributed by atoms with E-state index >= 15 is 0 Å². The van der Waals surface area contributed by atoms with Crippen LogP contribution in [0.5, 0.6) is 0 Å². The molecule has 0 bridgehead atoms. The number of piperidine rings is 2. The first-order valence-corrected chi connectivity index (χ1v) is 15.3. The van der Waals surface area contributed by atoms with Crippen molar-refractivity contribution in [1.82, 2.24) is 15.2 Å². The summed E-state index contributed by atoms with van der Waals surface area (Å²) in [6, 6.07) is 12.5. The van der Waals surface area contributed by atoms with Crippen molar-refractivity contribution in [3.05, 3.63) is 93.5 Å². The predicted octanol–water partition coefficient (Wildman–Crippen LogP) is 6.76. The van der Waals surface area contributed by atoms with Gasteiger partial charge in [-0.05, 0) is 96.9 Å². The van der Waals surface area contributed by atoms with Gasteiger partial charge >= 0.3 is 0 Å². The summed E-state index contributed by atoms with van der Waals surface area (Å²) in [5, 5.41) is 3.18. The van der Waals surface area contributed by atoms with E-state index in [2.05, 4.69) is 41.2 Å². The molecule has 1 aliphatic carbocycles. The van der Waals surface area contributed by atoms with Gasteiger partial charge in [-0.3, -0.25) is 14.6 Å². The Balaban J connectivity index is 1.14. The zero-order valence-electron chi connectivity index (χ0n) is 24.6. The summed E-state index contributed by atoms with van der Waals surface area (Å²) in [5.41, 5.74) is 4.37. The molecule has 3 heterocycles. The number of rotatable bonds is 4. The molecule has 42 heavy (non-hydrogen) atoms. The number of nitrogens with one attached hydrogen (secondary N) is 1. The van der Waals surface area contributed by atoms with Crippen molar-refractivity contribution in [2.45, 2.75) is 58.9 Å². The van der Waals surface area contributed by atoms with Gasteiger partial charge in [0.05, 0.1) is 16.6 Å². The summed E-state index contributed by atoms with van der Waals surface area (Å²) >= 11 is 6.34. The summed E-state index contributed by atoms with van der Waals surface area (Å²) in [7, 11) is 0. The fourth-order valence-corrected chi connectivity index (χ4v) is 7.41. The number of amides is 2. The van der Waals surface area contributed by atoms with E-state index in [1.165, 1.54) is 11.8 Å². The van der Waals surface area contributed by atoms with Gasteiger partial charge in [0.1, 0.15) is 5.82 Å². The Bertz CT molecular complexity index is 1510. The highest BCUT2D eigenvalue weighted by atomic mass is 35.5. The van der Waals surface area contributed by atoms with E-state index in [1.54, 1.807) is 13.0 Å². The standard InChI is InChI=1S/C34H38ClFN4O2/c1-22-4-7-27(36)28(29(22)35)31(41)38-30-26-20-23(5-6-24(26)21-33(30,2)3)32(42)40-18-12-34(13-19-40)10-16-39(17-11-34)25-8-14-37-15-9-25/h4-9,14-15,20,30H,10-13,16-19,21H2,1-3H3,(H,38,41). The largest absolute Gasteiger partial charge is 0.371 e. The van der Waals surface area contributed by atoms with E-state index in [0.29, 0.717) is 16.5 Å². The van der Waals surface area contributed by atoms with E-state index in [1.807, 2.05) is 35.5 Å². The molecule has 3 aromatic rings. The first kappa shape index (κ1) is 28.7. The Kier molecular flexibility index (Phi) is 7.50. The third-order valence-corrected chi connectivity index (χ3v) is 10.4. The molecule has 1 atom stereocenters. The molecule has 8 heteroatoms. The van der Waals surface area contributed by atoms with Crippen LogP contribution in [0.3, 0.4) is 0 Å². The number of benzene rings is 2. The van der Waals surface area contributed by atoms with Crippen LogP contribution in [-0.4, -0.2) is 47.9 Å². The number of hydrogen-bond acceptors (Lipinski definition) is 4. The Labute approximate surface area is 252 Å². The van der Waals surface area contributed by atoms with E-state index in [4.69, 9.17) is 11.6 Å². The third kappa shape index (κ3) is 5.28. The van der Waals surface area contributed by atoms with Crippen molar-refractivity contribution in [1.29, 1.82) is 0 Å². The van der Waals surface area contributed by atoms with Crippen LogP contribution in [0.25, 0.3) is 0 Å². The van der Waals surface area contributed by atoms with Crippen molar-refractivity contribution in [2.24, 2.45) is 10.8 Å².